The summed E-state index contributed by atoms with van der Waals surface area (Å²) < 4.78 is 12.9. The van der Waals surface area contributed by atoms with Gasteiger partial charge in [0.25, 0.3) is 5.91 Å². The molecule has 0 aromatic heterocycles. The van der Waals surface area contributed by atoms with Gasteiger partial charge in [-0.1, -0.05) is 50.1 Å². The number of hydrogen-bond acceptors (Lipinski definition) is 4. The number of nitrogens with one attached hydrogen (secondary N) is 1. The maximum absolute atomic E-state index is 12.7. The Morgan fingerprint density at radius 2 is 1.82 bits per heavy atom. The normalized spacial score (nSPS) is 10.9. The van der Waals surface area contributed by atoms with E-state index < -0.39 is 5.91 Å². The Morgan fingerprint density at radius 3 is 2.45 bits per heavy atom. The summed E-state index contributed by atoms with van der Waals surface area (Å²) in [7, 11) is 1.57. The van der Waals surface area contributed by atoms with Crippen LogP contribution in [0.2, 0.25) is 0 Å². The number of carbonyl (C=O) groups is 1. The van der Waals surface area contributed by atoms with Crippen LogP contribution in [0.5, 0.6) is 11.5 Å². The van der Waals surface area contributed by atoms with E-state index in [0.717, 1.165) is 20.1 Å². The highest BCUT2D eigenvalue weighted by Crippen LogP contribution is 2.33. The van der Waals surface area contributed by atoms with Crippen LogP contribution in [0.15, 0.2) is 75.2 Å². The summed E-state index contributed by atoms with van der Waals surface area (Å²) >= 11 is 7.24. The van der Waals surface area contributed by atoms with Gasteiger partial charge in [0.1, 0.15) is 23.1 Å². The number of hydrogen-bond donors (Lipinski definition) is 1. The van der Waals surface area contributed by atoms with Gasteiger partial charge in [0, 0.05) is 26.6 Å². The predicted molar refractivity (Wildman–Crippen MR) is 137 cm³/mol. The van der Waals surface area contributed by atoms with Crippen LogP contribution in [0.1, 0.15) is 23.6 Å². The summed E-state index contributed by atoms with van der Waals surface area (Å²) in [6, 6.07) is 20.6. The molecule has 3 aromatic rings. The van der Waals surface area contributed by atoms with E-state index in [4.69, 9.17) is 9.47 Å². The second kappa shape index (κ2) is 11.7. The molecule has 0 saturated heterocycles. The Labute approximate surface area is 210 Å². The van der Waals surface area contributed by atoms with E-state index in [1.54, 1.807) is 37.5 Å². The van der Waals surface area contributed by atoms with E-state index in [2.05, 4.69) is 43.2 Å². The van der Waals surface area contributed by atoms with Crippen molar-refractivity contribution < 1.29 is 14.3 Å². The topological polar surface area (TPSA) is 71.3 Å². The third-order valence-electron chi connectivity index (χ3n) is 4.83. The molecule has 0 aliphatic rings. The Bertz CT molecular complexity index is 1220. The first-order valence-corrected chi connectivity index (χ1v) is 11.8. The Morgan fingerprint density at radius 1 is 1.09 bits per heavy atom. The number of halogens is 2. The molecule has 1 amide bonds. The number of carbonyl (C=O) groups excluding carboxylic acids is 1. The number of ether oxygens (including phenoxy) is 2. The quantitative estimate of drug-likeness (QED) is 0.240. The van der Waals surface area contributed by atoms with Gasteiger partial charge < -0.3 is 14.8 Å². The highest BCUT2D eigenvalue weighted by Gasteiger charge is 2.15. The molecule has 0 saturated carbocycles. The van der Waals surface area contributed by atoms with Crippen molar-refractivity contribution in [3.63, 3.8) is 0 Å². The lowest BCUT2D eigenvalue weighted by Gasteiger charge is -2.15. The van der Waals surface area contributed by atoms with Crippen molar-refractivity contribution >= 4 is 49.5 Å². The molecule has 0 heterocycles. The van der Waals surface area contributed by atoms with E-state index in [9.17, 15) is 10.1 Å². The van der Waals surface area contributed by atoms with Crippen LogP contribution in [0.25, 0.3) is 6.08 Å². The maximum Gasteiger partial charge on any atom is 0.266 e. The minimum Gasteiger partial charge on any atom is -0.497 e. The summed E-state index contributed by atoms with van der Waals surface area (Å²) in [5.41, 5.74) is 3.35. The summed E-state index contributed by atoms with van der Waals surface area (Å²) in [4.78, 5) is 12.7. The molecule has 0 bridgehead atoms. The zero-order valence-corrected chi connectivity index (χ0v) is 21.4. The molecular formula is C26H22Br2N2O3. The van der Waals surface area contributed by atoms with Gasteiger partial charge in [-0.05, 0) is 66.6 Å². The first-order chi connectivity index (χ1) is 15.9. The van der Waals surface area contributed by atoms with Gasteiger partial charge in [-0.15, -0.1) is 0 Å². The van der Waals surface area contributed by atoms with Gasteiger partial charge >= 0.3 is 0 Å². The number of benzene rings is 3. The molecule has 1 N–H and O–H groups in total. The van der Waals surface area contributed by atoms with Crippen LogP contribution in [-0.4, -0.2) is 19.6 Å². The van der Waals surface area contributed by atoms with Crippen molar-refractivity contribution in [3.8, 4) is 17.6 Å². The lowest BCUT2D eigenvalue weighted by molar-refractivity contribution is -0.112. The highest BCUT2D eigenvalue weighted by molar-refractivity contribution is 9.10. The van der Waals surface area contributed by atoms with E-state index in [1.165, 1.54) is 0 Å². The number of nitrogens with zero attached hydrogens (tertiary/aromatic N) is 1. The molecule has 3 aromatic carbocycles. The van der Waals surface area contributed by atoms with E-state index >= 15 is 0 Å². The molecule has 0 spiro atoms. The average molecular weight is 570 g/mol. The highest BCUT2D eigenvalue weighted by atomic mass is 79.9. The first-order valence-electron chi connectivity index (χ1n) is 10.2. The predicted octanol–water partition coefficient (Wildman–Crippen LogP) is 6.76. The lowest BCUT2D eigenvalue weighted by Crippen LogP contribution is -2.13. The second-order valence-electron chi connectivity index (χ2n) is 7.03. The van der Waals surface area contributed by atoms with Crippen LogP contribution in [0, 0.1) is 11.3 Å². The summed E-state index contributed by atoms with van der Waals surface area (Å²) in [6.07, 6.45) is 2.21. The molecule has 0 fully saturated rings. The second-order valence-corrected chi connectivity index (χ2v) is 8.74. The van der Waals surface area contributed by atoms with Gasteiger partial charge in [0.15, 0.2) is 0 Å². The molecule has 168 valence electrons. The molecule has 0 aliphatic heterocycles. The molecule has 7 heteroatoms. The fraction of sp³-hybridized carbons (Fsp3) is 0.154. The van der Waals surface area contributed by atoms with Crippen LogP contribution in [0.4, 0.5) is 5.69 Å². The SMILES string of the molecule is CCOc1cc(/C=C(\C#N)C(=O)Nc2ccc(OC)cc2)cc(Br)c1Cc1ccccc1Br. The van der Waals surface area contributed by atoms with Gasteiger partial charge in [0.2, 0.25) is 0 Å². The zero-order chi connectivity index (χ0) is 23.8. The molecular weight excluding hydrogens is 548 g/mol. The summed E-state index contributed by atoms with van der Waals surface area (Å²) in [6.45, 7) is 2.41. The van der Waals surface area contributed by atoms with Gasteiger partial charge in [0.05, 0.1) is 13.7 Å². The first kappa shape index (κ1) is 24.6. The molecule has 3 rings (SSSR count). The van der Waals surface area contributed by atoms with Gasteiger partial charge in [-0.2, -0.15) is 5.26 Å². The number of anilines is 1. The minimum absolute atomic E-state index is 0.0151. The largest absolute Gasteiger partial charge is 0.497 e. The van der Waals surface area contributed by atoms with Crippen molar-refractivity contribution in [2.24, 2.45) is 0 Å². The number of amides is 1. The smallest absolute Gasteiger partial charge is 0.266 e. The van der Waals surface area contributed by atoms with E-state index in [1.807, 2.05) is 43.3 Å². The molecule has 0 atom stereocenters. The van der Waals surface area contributed by atoms with Gasteiger partial charge in [-0.3, -0.25) is 4.79 Å². The molecule has 0 unspecified atom stereocenters. The summed E-state index contributed by atoms with van der Waals surface area (Å²) in [5.74, 6) is 0.885. The van der Waals surface area contributed by atoms with Crippen LogP contribution >= 0.6 is 31.9 Å². The number of nitriles is 1. The standard InChI is InChI=1S/C26H22Br2N2O3/c1-3-33-25-14-17(13-24(28)22(25)15-18-6-4-5-7-23(18)27)12-19(16-29)26(31)30-20-8-10-21(32-2)11-9-20/h4-14H,3,15H2,1-2H3,(H,30,31)/b19-12+. The fourth-order valence-corrected chi connectivity index (χ4v) is 4.22. The Balaban J connectivity index is 1.89. The number of rotatable bonds is 8. The zero-order valence-electron chi connectivity index (χ0n) is 18.2. The monoisotopic (exact) mass is 568 g/mol. The lowest BCUT2D eigenvalue weighted by atomic mass is 10.0. The van der Waals surface area contributed by atoms with Crippen molar-refractivity contribution in [2.45, 2.75) is 13.3 Å². The van der Waals surface area contributed by atoms with Crippen LogP contribution in [-0.2, 0) is 11.2 Å². The molecule has 0 aliphatic carbocycles. The third kappa shape index (κ3) is 6.47. The Hall–Kier alpha value is -3.08. The fourth-order valence-electron chi connectivity index (χ4n) is 3.19. The van der Waals surface area contributed by atoms with Crippen molar-refractivity contribution in [1.29, 1.82) is 5.26 Å². The van der Waals surface area contributed by atoms with Crippen LogP contribution in [0.3, 0.4) is 0 Å². The molecule has 0 radical (unpaired) electrons. The molecule has 33 heavy (non-hydrogen) atoms. The van der Waals surface area contributed by atoms with Crippen molar-refractivity contribution in [2.75, 3.05) is 19.0 Å². The van der Waals surface area contributed by atoms with E-state index in [0.29, 0.717) is 35.8 Å². The van der Waals surface area contributed by atoms with E-state index in [-0.39, 0.29) is 5.57 Å². The van der Waals surface area contributed by atoms with Crippen LogP contribution < -0.4 is 14.8 Å². The average Bonchev–Trinajstić information content (AvgIpc) is 2.81. The summed E-state index contributed by atoms with van der Waals surface area (Å²) in [5, 5.41) is 12.3. The molecule has 5 nitrogen and oxygen atoms in total. The minimum atomic E-state index is -0.492. The van der Waals surface area contributed by atoms with Crippen molar-refractivity contribution in [3.05, 3.63) is 91.9 Å². The third-order valence-corrected chi connectivity index (χ3v) is 6.31. The number of methoxy groups -OCH3 is 1. The van der Waals surface area contributed by atoms with Gasteiger partial charge in [-0.25, -0.2) is 0 Å². The maximum atomic E-state index is 12.7. The Kier molecular flexibility index (Phi) is 8.70. The van der Waals surface area contributed by atoms with Crippen molar-refractivity contribution in [1.82, 2.24) is 0 Å².